The van der Waals surface area contributed by atoms with Gasteiger partial charge in [-0.1, -0.05) is 70.7 Å². The first kappa shape index (κ1) is 20.9. The van der Waals surface area contributed by atoms with Crippen LogP contribution in [0.25, 0.3) is 5.70 Å². The summed E-state index contributed by atoms with van der Waals surface area (Å²) in [5, 5.41) is 10.1. The molecule has 0 spiro atoms. The number of nitrogens with one attached hydrogen (secondary N) is 1. The fourth-order valence-corrected chi connectivity index (χ4v) is 5.43. The molecular weight excluding hydrogens is 502 g/mol. The Morgan fingerprint density at radius 1 is 0.848 bits per heavy atom. The first-order valence-corrected chi connectivity index (χ1v) is 11.6. The van der Waals surface area contributed by atoms with Gasteiger partial charge in [0.15, 0.2) is 6.10 Å². The average Bonchev–Trinajstić information content (AvgIpc) is 3.26. The Balaban J connectivity index is 1.66. The van der Waals surface area contributed by atoms with Crippen LogP contribution >= 0.6 is 46.4 Å². The summed E-state index contributed by atoms with van der Waals surface area (Å²) in [6.45, 7) is 0. The Morgan fingerprint density at radius 2 is 1.55 bits per heavy atom. The van der Waals surface area contributed by atoms with Crippen LogP contribution in [0.15, 0.2) is 72.6 Å². The van der Waals surface area contributed by atoms with Crippen molar-refractivity contribution in [3.05, 3.63) is 109 Å². The van der Waals surface area contributed by atoms with E-state index < -0.39 is 12.1 Å². The number of anilines is 1. The van der Waals surface area contributed by atoms with Gasteiger partial charge in [0.1, 0.15) is 18.1 Å². The van der Waals surface area contributed by atoms with Crippen LogP contribution < -0.4 is 10.1 Å². The summed E-state index contributed by atoms with van der Waals surface area (Å²) in [6.07, 6.45) is 0.982. The molecule has 0 saturated heterocycles. The molecule has 0 amide bonds. The zero-order chi connectivity index (χ0) is 22.7. The van der Waals surface area contributed by atoms with E-state index in [1.807, 2.05) is 42.5 Å². The normalized spacial score (nSPS) is 18.7. The molecule has 2 aliphatic heterocycles. The standard InChI is InChI=1S/C24H14Cl4N4O/c25-12-5-7-14(17(27)9-12)22-20-21(31-24-29-11-30-32(22)24)16-3-1-2-4-19(16)33-23(20)15-8-6-13(26)10-18(15)28/h1-11,22-23H,(H,29,30,31)/t22-,23-/m1/s1. The molecule has 164 valence electrons. The summed E-state index contributed by atoms with van der Waals surface area (Å²) >= 11 is 25.7. The minimum atomic E-state index is -0.527. The van der Waals surface area contributed by atoms with Crippen LogP contribution in [-0.2, 0) is 0 Å². The van der Waals surface area contributed by atoms with Crippen LogP contribution in [-0.4, -0.2) is 14.8 Å². The third-order valence-corrected chi connectivity index (χ3v) is 6.95. The smallest absolute Gasteiger partial charge is 0.226 e. The van der Waals surface area contributed by atoms with E-state index in [1.165, 1.54) is 6.33 Å². The molecule has 3 aromatic carbocycles. The first-order valence-electron chi connectivity index (χ1n) is 10.1. The van der Waals surface area contributed by atoms with Crippen LogP contribution in [0, 0.1) is 0 Å². The van der Waals surface area contributed by atoms with Crippen molar-refractivity contribution < 1.29 is 4.74 Å². The molecule has 5 nitrogen and oxygen atoms in total. The lowest BCUT2D eigenvalue weighted by atomic mass is 9.84. The van der Waals surface area contributed by atoms with Crippen LogP contribution in [0.2, 0.25) is 20.1 Å². The van der Waals surface area contributed by atoms with Crippen LogP contribution in [0.5, 0.6) is 5.75 Å². The second-order valence-corrected chi connectivity index (χ2v) is 9.40. The summed E-state index contributed by atoms with van der Waals surface area (Å²) < 4.78 is 8.35. The zero-order valence-electron chi connectivity index (χ0n) is 16.8. The number of aromatic nitrogens is 3. The van der Waals surface area contributed by atoms with Crippen molar-refractivity contribution in [1.29, 1.82) is 0 Å². The van der Waals surface area contributed by atoms with E-state index in [1.54, 1.807) is 22.9 Å². The third kappa shape index (κ3) is 3.39. The second-order valence-electron chi connectivity index (χ2n) is 7.71. The number of rotatable bonds is 2. The summed E-state index contributed by atoms with van der Waals surface area (Å²) in [5.41, 5.74) is 4.30. The van der Waals surface area contributed by atoms with Crippen molar-refractivity contribution in [1.82, 2.24) is 14.8 Å². The molecule has 6 rings (SSSR count). The summed E-state index contributed by atoms with van der Waals surface area (Å²) in [5.74, 6) is 1.33. The average molecular weight is 516 g/mol. The van der Waals surface area contributed by atoms with Crippen LogP contribution in [0.4, 0.5) is 5.95 Å². The third-order valence-electron chi connectivity index (χ3n) is 5.82. The molecule has 0 fully saturated rings. The molecule has 33 heavy (non-hydrogen) atoms. The predicted molar refractivity (Wildman–Crippen MR) is 131 cm³/mol. The van der Waals surface area contributed by atoms with Gasteiger partial charge in [-0.2, -0.15) is 10.1 Å². The Morgan fingerprint density at radius 3 is 2.27 bits per heavy atom. The van der Waals surface area contributed by atoms with Gasteiger partial charge in [0, 0.05) is 36.8 Å². The second kappa shape index (κ2) is 7.96. The molecule has 4 aromatic rings. The van der Waals surface area contributed by atoms with E-state index in [0.717, 1.165) is 33.7 Å². The molecule has 2 atom stereocenters. The summed E-state index contributed by atoms with van der Waals surface area (Å²) in [4.78, 5) is 4.42. The van der Waals surface area contributed by atoms with E-state index in [9.17, 15) is 0 Å². The number of fused-ring (bicyclic) bond motifs is 3. The molecule has 0 saturated carbocycles. The number of hydrogen-bond donors (Lipinski definition) is 1. The van der Waals surface area contributed by atoms with E-state index in [-0.39, 0.29) is 0 Å². The van der Waals surface area contributed by atoms with Crippen molar-refractivity contribution in [3.8, 4) is 5.75 Å². The van der Waals surface area contributed by atoms with Gasteiger partial charge in [0.05, 0.1) is 5.70 Å². The Kier molecular flexibility index (Phi) is 5.03. The molecule has 1 aromatic heterocycles. The fourth-order valence-electron chi connectivity index (χ4n) is 4.41. The molecule has 9 heteroatoms. The van der Waals surface area contributed by atoms with E-state index in [4.69, 9.17) is 51.1 Å². The van der Waals surface area contributed by atoms with Crippen molar-refractivity contribution in [2.24, 2.45) is 0 Å². The number of ether oxygens (including phenoxy) is 1. The lowest BCUT2D eigenvalue weighted by molar-refractivity contribution is 0.223. The predicted octanol–water partition coefficient (Wildman–Crippen LogP) is 7.45. The Hall–Kier alpha value is -2.70. The van der Waals surface area contributed by atoms with Crippen molar-refractivity contribution in [2.45, 2.75) is 12.1 Å². The molecule has 0 aliphatic carbocycles. The van der Waals surface area contributed by atoms with Crippen molar-refractivity contribution >= 4 is 58.0 Å². The molecule has 0 radical (unpaired) electrons. The number of hydrogen-bond acceptors (Lipinski definition) is 4. The number of halogens is 4. The SMILES string of the molecule is Clc1ccc([C@H]2Oc3ccccc3C3=C2[C@@H](c2ccc(Cl)cc2Cl)n2ncnc2N3)c(Cl)c1. The molecule has 2 aliphatic rings. The van der Waals surface area contributed by atoms with E-state index in [0.29, 0.717) is 26.0 Å². The highest BCUT2D eigenvalue weighted by molar-refractivity contribution is 6.35. The quantitative estimate of drug-likeness (QED) is 0.301. The number of benzene rings is 3. The minimum absolute atomic E-state index is 0.409. The lowest BCUT2D eigenvalue weighted by Crippen LogP contribution is -2.32. The van der Waals surface area contributed by atoms with Crippen LogP contribution in [0.3, 0.4) is 0 Å². The Labute approximate surface area is 209 Å². The topological polar surface area (TPSA) is 52.0 Å². The van der Waals surface area contributed by atoms with Gasteiger partial charge >= 0.3 is 0 Å². The molecular formula is C24H14Cl4N4O. The van der Waals surface area contributed by atoms with Gasteiger partial charge in [-0.15, -0.1) is 0 Å². The first-order chi connectivity index (χ1) is 16.0. The lowest BCUT2D eigenvalue weighted by Gasteiger charge is -2.39. The highest BCUT2D eigenvalue weighted by Crippen LogP contribution is 2.52. The maximum absolute atomic E-state index is 6.70. The molecule has 1 N–H and O–H groups in total. The van der Waals surface area contributed by atoms with Gasteiger partial charge < -0.3 is 10.1 Å². The van der Waals surface area contributed by atoms with Crippen LogP contribution in [0.1, 0.15) is 28.8 Å². The van der Waals surface area contributed by atoms with Gasteiger partial charge in [0.2, 0.25) is 5.95 Å². The highest BCUT2D eigenvalue weighted by atomic mass is 35.5. The fraction of sp³-hybridized carbons (Fsp3) is 0.0833. The maximum Gasteiger partial charge on any atom is 0.226 e. The van der Waals surface area contributed by atoms with E-state index in [2.05, 4.69) is 15.4 Å². The number of nitrogens with zero attached hydrogens (tertiary/aromatic N) is 3. The van der Waals surface area contributed by atoms with Gasteiger partial charge in [-0.3, -0.25) is 0 Å². The van der Waals surface area contributed by atoms with Crippen molar-refractivity contribution in [2.75, 3.05) is 5.32 Å². The largest absolute Gasteiger partial charge is 0.480 e. The van der Waals surface area contributed by atoms with Gasteiger partial charge in [-0.25, -0.2) is 4.68 Å². The Bertz CT molecular complexity index is 1450. The maximum atomic E-state index is 6.70. The molecule has 0 bridgehead atoms. The van der Waals surface area contributed by atoms with E-state index >= 15 is 0 Å². The van der Waals surface area contributed by atoms with Gasteiger partial charge in [-0.05, 0) is 42.0 Å². The monoisotopic (exact) mass is 514 g/mol. The number of para-hydroxylation sites is 1. The summed E-state index contributed by atoms with van der Waals surface area (Å²) in [6, 6.07) is 18.3. The van der Waals surface area contributed by atoms with Gasteiger partial charge in [0.25, 0.3) is 0 Å². The molecule has 0 unspecified atom stereocenters. The minimum Gasteiger partial charge on any atom is -0.480 e. The van der Waals surface area contributed by atoms with Crippen molar-refractivity contribution in [3.63, 3.8) is 0 Å². The highest BCUT2D eigenvalue weighted by Gasteiger charge is 2.42. The summed E-state index contributed by atoms with van der Waals surface area (Å²) in [7, 11) is 0. The molecule has 3 heterocycles. The zero-order valence-corrected chi connectivity index (χ0v) is 19.8.